The minimum absolute atomic E-state index is 0.293. The summed E-state index contributed by atoms with van der Waals surface area (Å²) in [5.74, 6) is 0.776. The predicted molar refractivity (Wildman–Crippen MR) is 87.1 cm³/mol. The van der Waals surface area contributed by atoms with Crippen LogP contribution in [0.5, 0.6) is 0 Å². The highest BCUT2D eigenvalue weighted by atomic mass is 32.2. The molecule has 0 saturated heterocycles. The van der Waals surface area contributed by atoms with Crippen molar-refractivity contribution in [3.8, 4) is 0 Å². The Balaban J connectivity index is 2.99. The predicted octanol–water partition coefficient (Wildman–Crippen LogP) is 4.65. The van der Waals surface area contributed by atoms with E-state index in [1.807, 2.05) is 6.26 Å². The maximum atomic E-state index is 9.46. The Morgan fingerprint density at radius 3 is 1.95 bits per heavy atom. The zero-order chi connectivity index (χ0) is 14.2. The van der Waals surface area contributed by atoms with Gasteiger partial charge in [0.25, 0.3) is 0 Å². The molecule has 0 aromatic heterocycles. The van der Waals surface area contributed by atoms with Gasteiger partial charge in [0, 0.05) is 12.4 Å². The first-order valence-corrected chi connectivity index (χ1v) is 9.45. The van der Waals surface area contributed by atoms with Crippen LogP contribution in [0, 0.1) is 0 Å². The molecular formula is C16H34O2S. The van der Waals surface area contributed by atoms with Crippen molar-refractivity contribution in [2.75, 3.05) is 25.2 Å². The minimum Gasteiger partial charge on any atom is -0.390 e. The van der Waals surface area contributed by atoms with Crippen LogP contribution in [0.15, 0.2) is 0 Å². The maximum absolute atomic E-state index is 9.46. The molecule has 0 bridgehead atoms. The summed E-state index contributed by atoms with van der Waals surface area (Å²) in [5, 5.41) is 9.46. The molecule has 0 aliphatic carbocycles. The molecule has 0 saturated carbocycles. The Labute approximate surface area is 124 Å². The number of aliphatic hydroxyl groups excluding tert-OH is 1. The first-order chi connectivity index (χ1) is 9.31. The van der Waals surface area contributed by atoms with Gasteiger partial charge in [-0.2, -0.15) is 11.8 Å². The van der Waals surface area contributed by atoms with Gasteiger partial charge in [-0.3, -0.25) is 0 Å². The monoisotopic (exact) mass is 290 g/mol. The Morgan fingerprint density at radius 1 is 0.895 bits per heavy atom. The lowest BCUT2D eigenvalue weighted by atomic mass is 10.1. The van der Waals surface area contributed by atoms with E-state index in [1.165, 1.54) is 57.8 Å². The highest BCUT2D eigenvalue weighted by molar-refractivity contribution is 7.98. The third-order valence-corrected chi connectivity index (χ3v) is 4.03. The highest BCUT2D eigenvalue weighted by Gasteiger charge is 2.01. The van der Waals surface area contributed by atoms with Crippen LogP contribution in [0.2, 0.25) is 0 Å². The molecule has 0 spiro atoms. The Bertz CT molecular complexity index is 165. The Kier molecular flexibility index (Phi) is 16.6. The zero-order valence-corrected chi connectivity index (χ0v) is 13.8. The lowest BCUT2D eigenvalue weighted by Crippen LogP contribution is -2.18. The summed E-state index contributed by atoms with van der Waals surface area (Å²) in [6.07, 6.45) is 15.2. The molecule has 1 N–H and O–H groups in total. The van der Waals surface area contributed by atoms with Crippen molar-refractivity contribution >= 4 is 11.8 Å². The van der Waals surface area contributed by atoms with Crippen molar-refractivity contribution < 1.29 is 9.84 Å². The molecule has 116 valence electrons. The van der Waals surface area contributed by atoms with Crippen molar-refractivity contribution in [3.05, 3.63) is 0 Å². The third kappa shape index (κ3) is 16.2. The summed E-state index contributed by atoms with van der Waals surface area (Å²) in [6, 6.07) is 0. The first kappa shape index (κ1) is 19.3. The van der Waals surface area contributed by atoms with Gasteiger partial charge < -0.3 is 9.84 Å². The molecule has 0 amide bonds. The van der Waals surface area contributed by atoms with Crippen LogP contribution in [-0.4, -0.2) is 36.4 Å². The van der Waals surface area contributed by atoms with Crippen molar-refractivity contribution in [2.24, 2.45) is 0 Å². The largest absolute Gasteiger partial charge is 0.390 e. The van der Waals surface area contributed by atoms with Crippen molar-refractivity contribution in [3.63, 3.8) is 0 Å². The fraction of sp³-hybridized carbons (Fsp3) is 1.00. The summed E-state index contributed by atoms with van der Waals surface area (Å²) in [6.45, 7) is 3.57. The van der Waals surface area contributed by atoms with Crippen LogP contribution in [0.4, 0.5) is 0 Å². The summed E-state index contributed by atoms with van der Waals surface area (Å²) >= 11 is 1.66. The molecule has 1 unspecified atom stereocenters. The van der Waals surface area contributed by atoms with Crippen molar-refractivity contribution in [1.82, 2.24) is 0 Å². The number of hydrogen-bond acceptors (Lipinski definition) is 3. The Hall–Kier alpha value is 0.270. The molecule has 0 radical (unpaired) electrons. The van der Waals surface area contributed by atoms with Crippen LogP contribution in [0.1, 0.15) is 71.1 Å². The normalized spacial score (nSPS) is 12.8. The van der Waals surface area contributed by atoms with Gasteiger partial charge in [-0.25, -0.2) is 0 Å². The molecule has 3 heteroatoms. The van der Waals surface area contributed by atoms with Gasteiger partial charge in [-0.1, -0.05) is 64.7 Å². The fourth-order valence-electron chi connectivity index (χ4n) is 2.15. The lowest BCUT2D eigenvalue weighted by molar-refractivity contribution is 0.0468. The van der Waals surface area contributed by atoms with Crippen LogP contribution in [-0.2, 0) is 4.74 Å². The second-order valence-corrected chi connectivity index (χ2v) is 6.28. The van der Waals surface area contributed by atoms with E-state index in [0.717, 1.165) is 18.8 Å². The molecule has 0 aromatic rings. The molecule has 19 heavy (non-hydrogen) atoms. The lowest BCUT2D eigenvalue weighted by Gasteiger charge is -2.09. The van der Waals surface area contributed by atoms with E-state index >= 15 is 0 Å². The van der Waals surface area contributed by atoms with Crippen molar-refractivity contribution in [1.29, 1.82) is 0 Å². The number of hydrogen-bond donors (Lipinski definition) is 1. The van der Waals surface area contributed by atoms with Crippen LogP contribution in [0.3, 0.4) is 0 Å². The molecule has 0 rings (SSSR count). The van der Waals surface area contributed by atoms with Gasteiger partial charge in [-0.05, 0) is 12.7 Å². The molecule has 0 aromatic carbocycles. The number of ether oxygens (including phenoxy) is 1. The third-order valence-electron chi connectivity index (χ3n) is 3.31. The van der Waals surface area contributed by atoms with E-state index in [0.29, 0.717) is 6.61 Å². The standard InChI is InChI=1S/C16H34O2S/c1-3-4-5-6-7-8-9-10-11-12-13-18-14-16(17)15-19-2/h16-17H,3-15H2,1-2H3. The molecule has 0 aliphatic heterocycles. The fourth-order valence-corrected chi connectivity index (χ4v) is 2.63. The number of thioether (sulfide) groups is 1. The molecule has 0 aliphatic rings. The van der Waals surface area contributed by atoms with Gasteiger partial charge in [-0.15, -0.1) is 0 Å². The SMILES string of the molecule is CCCCCCCCCCCCOCC(O)CSC. The van der Waals surface area contributed by atoms with Crippen LogP contribution < -0.4 is 0 Å². The van der Waals surface area contributed by atoms with Gasteiger partial charge in [0.2, 0.25) is 0 Å². The van der Waals surface area contributed by atoms with E-state index < -0.39 is 0 Å². The number of rotatable bonds is 15. The molecule has 1 atom stereocenters. The Morgan fingerprint density at radius 2 is 1.42 bits per heavy atom. The molecular weight excluding hydrogens is 256 g/mol. The summed E-state index contributed by atoms with van der Waals surface area (Å²) in [5.41, 5.74) is 0. The quantitative estimate of drug-likeness (QED) is 0.445. The maximum Gasteiger partial charge on any atom is 0.0863 e. The number of unbranched alkanes of at least 4 members (excludes halogenated alkanes) is 9. The van der Waals surface area contributed by atoms with Crippen LogP contribution in [0.25, 0.3) is 0 Å². The molecule has 0 heterocycles. The first-order valence-electron chi connectivity index (χ1n) is 8.06. The highest BCUT2D eigenvalue weighted by Crippen LogP contribution is 2.10. The topological polar surface area (TPSA) is 29.5 Å². The summed E-state index contributed by atoms with van der Waals surface area (Å²) in [4.78, 5) is 0. The van der Waals surface area contributed by atoms with Gasteiger partial charge in [0.1, 0.15) is 0 Å². The zero-order valence-electron chi connectivity index (χ0n) is 13.0. The molecule has 0 fully saturated rings. The smallest absolute Gasteiger partial charge is 0.0863 e. The summed E-state index contributed by atoms with van der Waals surface area (Å²) < 4.78 is 5.46. The van der Waals surface area contributed by atoms with E-state index in [9.17, 15) is 5.11 Å². The van der Waals surface area contributed by atoms with E-state index in [4.69, 9.17) is 4.74 Å². The number of aliphatic hydroxyl groups is 1. The van der Waals surface area contributed by atoms with Crippen LogP contribution >= 0.6 is 11.8 Å². The molecule has 2 nitrogen and oxygen atoms in total. The second kappa shape index (κ2) is 16.3. The summed E-state index contributed by atoms with van der Waals surface area (Å²) in [7, 11) is 0. The minimum atomic E-state index is -0.293. The van der Waals surface area contributed by atoms with E-state index in [2.05, 4.69) is 6.92 Å². The van der Waals surface area contributed by atoms with Gasteiger partial charge >= 0.3 is 0 Å². The van der Waals surface area contributed by atoms with E-state index in [-0.39, 0.29) is 6.10 Å². The second-order valence-electron chi connectivity index (χ2n) is 5.37. The van der Waals surface area contributed by atoms with E-state index in [1.54, 1.807) is 11.8 Å². The van der Waals surface area contributed by atoms with Gasteiger partial charge in [0.05, 0.1) is 12.7 Å². The average molecular weight is 291 g/mol. The van der Waals surface area contributed by atoms with Gasteiger partial charge in [0.15, 0.2) is 0 Å². The average Bonchev–Trinajstić information content (AvgIpc) is 2.40. The van der Waals surface area contributed by atoms with Crippen molar-refractivity contribution in [2.45, 2.75) is 77.2 Å².